The first-order valence-corrected chi connectivity index (χ1v) is 8.04. The fourth-order valence-corrected chi connectivity index (χ4v) is 2.06. The van der Waals surface area contributed by atoms with Crippen molar-refractivity contribution in [3.63, 3.8) is 0 Å². The molecule has 0 aromatic rings. The van der Waals surface area contributed by atoms with Crippen molar-refractivity contribution in [3.05, 3.63) is 0 Å². The van der Waals surface area contributed by atoms with Gasteiger partial charge in [0.2, 0.25) is 11.8 Å². The van der Waals surface area contributed by atoms with E-state index in [2.05, 4.69) is 10.6 Å². The average Bonchev–Trinajstić information content (AvgIpc) is 2.49. The van der Waals surface area contributed by atoms with E-state index in [1.807, 2.05) is 6.92 Å². The quantitative estimate of drug-likeness (QED) is 0.273. The standard InChI is InChI=1S/C15H27N3O6/c1-2-3-4-9-17-10(5-7-12(16)19)14(22)18-11(15(23)24)6-8-13(20)21/h10-11,17H,2-9H2,1H3,(H2,16,19)(H,18,22)(H,20,21)(H,23,24)/t10-,11-/m0/s1. The molecule has 6 N–H and O–H groups in total. The molecular formula is C15H27N3O6. The minimum absolute atomic E-state index is 0.00821. The van der Waals surface area contributed by atoms with Crippen LogP contribution in [-0.2, 0) is 19.2 Å². The number of primary amides is 1. The molecule has 0 aromatic heterocycles. The number of hydrogen-bond donors (Lipinski definition) is 5. The number of nitrogens with two attached hydrogens (primary N) is 1. The number of carbonyl (C=O) groups excluding carboxylic acids is 2. The van der Waals surface area contributed by atoms with Gasteiger partial charge in [-0.3, -0.25) is 14.4 Å². The summed E-state index contributed by atoms with van der Waals surface area (Å²) < 4.78 is 0. The van der Waals surface area contributed by atoms with Crippen LogP contribution in [0.5, 0.6) is 0 Å². The van der Waals surface area contributed by atoms with Crippen molar-refractivity contribution in [3.8, 4) is 0 Å². The van der Waals surface area contributed by atoms with Gasteiger partial charge in [-0.1, -0.05) is 19.8 Å². The molecule has 138 valence electrons. The molecule has 24 heavy (non-hydrogen) atoms. The van der Waals surface area contributed by atoms with E-state index < -0.39 is 35.8 Å². The highest BCUT2D eigenvalue weighted by Gasteiger charge is 2.25. The molecule has 9 nitrogen and oxygen atoms in total. The van der Waals surface area contributed by atoms with Gasteiger partial charge in [-0.25, -0.2) is 4.79 Å². The van der Waals surface area contributed by atoms with Gasteiger partial charge in [-0.15, -0.1) is 0 Å². The Morgan fingerprint density at radius 2 is 1.62 bits per heavy atom. The van der Waals surface area contributed by atoms with Gasteiger partial charge in [0.1, 0.15) is 6.04 Å². The third kappa shape index (κ3) is 10.5. The van der Waals surface area contributed by atoms with Crippen LogP contribution in [0, 0.1) is 0 Å². The molecule has 0 aliphatic rings. The number of carboxylic acids is 2. The summed E-state index contributed by atoms with van der Waals surface area (Å²) in [7, 11) is 0. The van der Waals surface area contributed by atoms with Crippen molar-refractivity contribution < 1.29 is 29.4 Å². The van der Waals surface area contributed by atoms with Gasteiger partial charge >= 0.3 is 11.9 Å². The third-order valence-corrected chi connectivity index (χ3v) is 3.43. The lowest BCUT2D eigenvalue weighted by molar-refractivity contribution is -0.143. The molecular weight excluding hydrogens is 318 g/mol. The Bertz CT molecular complexity index is 441. The Morgan fingerprint density at radius 1 is 1.00 bits per heavy atom. The van der Waals surface area contributed by atoms with Crippen molar-refractivity contribution in [2.24, 2.45) is 5.73 Å². The zero-order valence-corrected chi connectivity index (χ0v) is 13.9. The van der Waals surface area contributed by atoms with Crippen LogP contribution in [0.4, 0.5) is 0 Å². The highest BCUT2D eigenvalue weighted by Crippen LogP contribution is 2.03. The van der Waals surface area contributed by atoms with E-state index >= 15 is 0 Å². The largest absolute Gasteiger partial charge is 0.481 e. The molecule has 0 unspecified atom stereocenters. The second-order valence-corrected chi connectivity index (χ2v) is 5.55. The topological polar surface area (TPSA) is 159 Å². The second-order valence-electron chi connectivity index (χ2n) is 5.55. The molecule has 0 rings (SSSR count). The van der Waals surface area contributed by atoms with Crippen LogP contribution in [0.3, 0.4) is 0 Å². The fraction of sp³-hybridized carbons (Fsp3) is 0.733. The number of amides is 2. The summed E-state index contributed by atoms with van der Waals surface area (Å²) in [6.07, 6.45) is 2.40. The first kappa shape index (κ1) is 21.8. The molecule has 9 heteroatoms. The SMILES string of the molecule is CCCCCN[C@@H](CCC(N)=O)C(=O)N[C@@H](CCC(=O)O)C(=O)O. The molecule has 0 radical (unpaired) electrons. The number of hydrogen-bond acceptors (Lipinski definition) is 5. The van der Waals surface area contributed by atoms with Gasteiger partial charge in [0.15, 0.2) is 0 Å². The van der Waals surface area contributed by atoms with E-state index in [1.165, 1.54) is 0 Å². The van der Waals surface area contributed by atoms with Crippen molar-refractivity contribution in [1.82, 2.24) is 10.6 Å². The lowest BCUT2D eigenvalue weighted by atomic mass is 10.1. The maximum absolute atomic E-state index is 12.2. The Hall–Kier alpha value is -2.16. The average molecular weight is 345 g/mol. The summed E-state index contributed by atoms with van der Waals surface area (Å²) in [6, 6.07) is -2.04. The molecule has 0 spiro atoms. The highest BCUT2D eigenvalue weighted by atomic mass is 16.4. The van der Waals surface area contributed by atoms with Crippen LogP contribution in [-0.4, -0.2) is 52.6 Å². The lowest BCUT2D eigenvalue weighted by Crippen LogP contribution is -2.50. The van der Waals surface area contributed by atoms with E-state index in [1.54, 1.807) is 0 Å². The van der Waals surface area contributed by atoms with Crippen LogP contribution in [0.25, 0.3) is 0 Å². The maximum atomic E-state index is 12.2. The molecule has 0 aliphatic heterocycles. The van der Waals surface area contributed by atoms with E-state index in [0.29, 0.717) is 6.54 Å². The first-order valence-electron chi connectivity index (χ1n) is 8.04. The van der Waals surface area contributed by atoms with Crippen molar-refractivity contribution >= 4 is 23.8 Å². The van der Waals surface area contributed by atoms with E-state index in [-0.39, 0.29) is 25.7 Å². The number of carbonyl (C=O) groups is 4. The van der Waals surface area contributed by atoms with E-state index in [0.717, 1.165) is 19.3 Å². The summed E-state index contributed by atoms with van der Waals surface area (Å²) in [5.74, 6) is -3.57. The molecule has 0 aromatic carbocycles. The zero-order valence-electron chi connectivity index (χ0n) is 13.9. The maximum Gasteiger partial charge on any atom is 0.326 e. The normalized spacial score (nSPS) is 13.0. The van der Waals surface area contributed by atoms with Crippen LogP contribution in [0.15, 0.2) is 0 Å². The number of rotatable bonds is 14. The summed E-state index contributed by atoms with van der Waals surface area (Å²) in [5, 5.41) is 23.0. The minimum Gasteiger partial charge on any atom is -0.481 e. The van der Waals surface area contributed by atoms with Gasteiger partial charge in [0, 0.05) is 12.8 Å². The van der Waals surface area contributed by atoms with Crippen LogP contribution in [0.2, 0.25) is 0 Å². The summed E-state index contributed by atoms with van der Waals surface area (Å²) in [6.45, 7) is 2.59. The molecule has 0 fully saturated rings. The van der Waals surface area contributed by atoms with Gasteiger partial charge < -0.3 is 26.6 Å². The molecule has 2 atom stereocenters. The molecule has 0 saturated heterocycles. The molecule has 0 heterocycles. The van der Waals surface area contributed by atoms with Gasteiger partial charge in [0.05, 0.1) is 6.04 Å². The van der Waals surface area contributed by atoms with Gasteiger partial charge in [-0.05, 0) is 25.8 Å². The lowest BCUT2D eigenvalue weighted by Gasteiger charge is -2.21. The molecule has 0 aliphatic carbocycles. The summed E-state index contributed by atoms with van der Waals surface area (Å²) in [4.78, 5) is 44.8. The molecule has 0 saturated carbocycles. The first-order chi connectivity index (χ1) is 11.3. The fourth-order valence-electron chi connectivity index (χ4n) is 2.06. The number of nitrogens with one attached hydrogen (secondary N) is 2. The van der Waals surface area contributed by atoms with Crippen LogP contribution < -0.4 is 16.4 Å². The smallest absolute Gasteiger partial charge is 0.326 e. The molecule has 2 amide bonds. The Labute approximate surface area is 141 Å². The third-order valence-electron chi connectivity index (χ3n) is 3.43. The number of unbranched alkanes of at least 4 members (excludes halogenated alkanes) is 2. The van der Waals surface area contributed by atoms with Crippen molar-refractivity contribution in [2.75, 3.05) is 6.54 Å². The van der Waals surface area contributed by atoms with Crippen molar-refractivity contribution in [1.29, 1.82) is 0 Å². The van der Waals surface area contributed by atoms with Crippen LogP contribution in [0.1, 0.15) is 51.9 Å². The highest BCUT2D eigenvalue weighted by molar-refractivity contribution is 5.87. The van der Waals surface area contributed by atoms with E-state index in [4.69, 9.17) is 15.9 Å². The summed E-state index contributed by atoms with van der Waals surface area (Å²) >= 11 is 0. The van der Waals surface area contributed by atoms with Crippen LogP contribution >= 0.6 is 0 Å². The predicted octanol–water partition coefficient (Wildman–Crippen LogP) is -0.165. The molecule has 0 bridgehead atoms. The Balaban J connectivity index is 4.68. The van der Waals surface area contributed by atoms with Crippen molar-refractivity contribution in [2.45, 2.75) is 64.0 Å². The Kier molecular flexibility index (Phi) is 11.2. The second kappa shape index (κ2) is 12.3. The zero-order chi connectivity index (χ0) is 18.5. The summed E-state index contributed by atoms with van der Waals surface area (Å²) in [5.41, 5.74) is 5.09. The predicted molar refractivity (Wildman–Crippen MR) is 86.2 cm³/mol. The van der Waals surface area contributed by atoms with Gasteiger partial charge in [-0.2, -0.15) is 0 Å². The monoisotopic (exact) mass is 345 g/mol. The number of carboxylic acid groups (broad SMARTS) is 2. The Morgan fingerprint density at radius 3 is 2.12 bits per heavy atom. The number of aliphatic carboxylic acids is 2. The minimum atomic E-state index is -1.30. The van der Waals surface area contributed by atoms with E-state index in [9.17, 15) is 19.2 Å². The van der Waals surface area contributed by atoms with Gasteiger partial charge in [0.25, 0.3) is 0 Å².